The van der Waals surface area contributed by atoms with Gasteiger partial charge in [-0.25, -0.2) is 4.98 Å². The standard InChI is InChI=1S/C20H31N5O3/c21-18(27)17-11-22-20(25-19(17)23-13-2-1-3-14(26)10-13)24-12-4-6-15(7-5-12)28-16-8-9-16/h11-16,26H,1-10H2,(H2,21,27)(H2,22,23,24,25)/t12?,13-,14-,15?/m1/s1. The number of amides is 1. The Morgan fingerprint density at radius 2 is 1.75 bits per heavy atom. The third-order valence-electron chi connectivity index (χ3n) is 5.96. The summed E-state index contributed by atoms with van der Waals surface area (Å²) in [6, 6.07) is 0.391. The zero-order valence-corrected chi connectivity index (χ0v) is 16.3. The molecule has 8 nitrogen and oxygen atoms in total. The monoisotopic (exact) mass is 389 g/mol. The Morgan fingerprint density at radius 3 is 2.39 bits per heavy atom. The van der Waals surface area contributed by atoms with Crippen molar-refractivity contribution in [3.05, 3.63) is 11.8 Å². The molecule has 28 heavy (non-hydrogen) atoms. The molecule has 1 aromatic rings. The van der Waals surface area contributed by atoms with Crippen molar-refractivity contribution in [1.29, 1.82) is 0 Å². The highest BCUT2D eigenvalue weighted by Gasteiger charge is 2.29. The van der Waals surface area contributed by atoms with Gasteiger partial charge in [-0.15, -0.1) is 0 Å². The average molecular weight is 390 g/mol. The van der Waals surface area contributed by atoms with E-state index in [2.05, 4.69) is 20.6 Å². The lowest BCUT2D eigenvalue weighted by Crippen LogP contribution is -2.32. The number of anilines is 2. The Bertz CT molecular complexity index is 688. The van der Waals surface area contributed by atoms with E-state index in [9.17, 15) is 9.90 Å². The summed E-state index contributed by atoms with van der Waals surface area (Å²) in [5.74, 6) is 0.411. The summed E-state index contributed by atoms with van der Waals surface area (Å²) in [6.45, 7) is 0. The summed E-state index contributed by atoms with van der Waals surface area (Å²) in [6.07, 6.45) is 12.0. The molecule has 0 spiro atoms. The first-order chi connectivity index (χ1) is 13.6. The number of hydrogen-bond donors (Lipinski definition) is 4. The second kappa shape index (κ2) is 8.61. The van der Waals surface area contributed by atoms with Gasteiger partial charge < -0.3 is 26.2 Å². The summed E-state index contributed by atoms with van der Waals surface area (Å²) in [7, 11) is 0. The number of hydrogen-bond acceptors (Lipinski definition) is 7. The van der Waals surface area contributed by atoms with E-state index < -0.39 is 5.91 Å². The Labute approximate surface area is 165 Å². The molecule has 0 bridgehead atoms. The summed E-state index contributed by atoms with van der Waals surface area (Å²) < 4.78 is 6.01. The van der Waals surface area contributed by atoms with Gasteiger partial charge in [-0.3, -0.25) is 4.79 Å². The fraction of sp³-hybridized carbons (Fsp3) is 0.750. The minimum atomic E-state index is -0.553. The number of aromatic nitrogens is 2. The van der Waals surface area contributed by atoms with E-state index in [0.717, 1.165) is 44.9 Å². The number of ether oxygens (including phenoxy) is 1. The lowest BCUT2D eigenvalue weighted by atomic mass is 9.93. The first kappa shape index (κ1) is 19.4. The SMILES string of the molecule is NC(=O)c1cnc(NC2CCC(OC3CC3)CC2)nc1N[C@@H]1CCC[C@@H](O)C1. The largest absolute Gasteiger partial charge is 0.393 e. The van der Waals surface area contributed by atoms with Gasteiger partial charge in [0, 0.05) is 18.3 Å². The molecule has 0 aliphatic heterocycles. The molecule has 3 fully saturated rings. The quantitative estimate of drug-likeness (QED) is 0.564. The van der Waals surface area contributed by atoms with E-state index in [1.807, 2.05) is 0 Å². The van der Waals surface area contributed by atoms with Crippen LogP contribution in [-0.2, 0) is 4.74 Å². The summed E-state index contributed by atoms with van der Waals surface area (Å²) >= 11 is 0. The highest BCUT2D eigenvalue weighted by atomic mass is 16.5. The van der Waals surface area contributed by atoms with Crippen molar-refractivity contribution in [1.82, 2.24) is 9.97 Å². The van der Waals surface area contributed by atoms with E-state index in [1.54, 1.807) is 0 Å². The molecule has 3 saturated carbocycles. The van der Waals surface area contributed by atoms with E-state index in [4.69, 9.17) is 10.5 Å². The fourth-order valence-corrected chi connectivity index (χ4v) is 4.23. The number of carbonyl (C=O) groups is 1. The topological polar surface area (TPSA) is 122 Å². The second-order valence-electron chi connectivity index (χ2n) is 8.44. The van der Waals surface area contributed by atoms with Crippen LogP contribution in [0.4, 0.5) is 11.8 Å². The van der Waals surface area contributed by atoms with Crippen molar-refractivity contribution in [2.24, 2.45) is 5.73 Å². The molecule has 0 radical (unpaired) electrons. The Hall–Kier alpha value is -1.93. The molecular formula is C20H31N5O3. The maximum absolute atomic E-state index is 11.8. The van der Waals surface area contributed by atoms with Crippen LogP contribution in [0, 0.1) is 0 Å². The third kappa shape index (κ3) is 5.11. The number of aliphatic hydroxyl groups excluding tert-OH is 1. The molecule has 0 saturated heterocycles. The molecule has 8 heteroatoms. The molecule has 3 aliphatic rings. The van der Waals surface area contributed by atoms with Crippen molar-refractivity contribution in [2.45, 2.75) is 94.6 Å². The van der Waals surface area contributed by atoms with E-state index in [0.29, 0.717) is 36.4 Å². The number of aliphatic hydroxyl groups is 1. The van der Waals surface area contributed by atoms with Crippen molar-refractivity contribution in [3.8, 4) is 0 Å². The molecule has 154 valence electrons. The first-order valence-electron chi connectivity index (χ1n) is 10.6. The van der Waals surface area contributed by atoms with Gasteiger partial charge in [0.15, 0.2) is 0 Å². The first-order valence-corrected chi connectivity index (χ1v) is 10.6. The van der Waals surface area contributed by atoms with E-state index in [1.165, 1.54) is 19.0 Å². The minimum absolute atomic E-state index is 0.0830. The number of carbonyl (C=O) groups excluding carboxylic acids is 1. The van der Waals surface area contributed by atoms with Gasteiger partial charge in [-0.1, -0.05) is 0 Å². The zero-order chi connectivity index (χ0) is 19.5. The van der Waals surface area contributed by atoms with Gasteiger partial charge in [0.25, 0.3) is 5.91 Å². The van der Waals surface area contributed by atoms with Crippen LogP contribution >= 0.6 is 0 Å². The molecular weight excluding hydrogens is 358 g/mol. The second-order valence-corrected chi connectivity index (χ2v) is 8.44. The average Bonchev–Trinajstić information content (AvgIpc) is 3.47. The lowest BCUT2D eigenvalue weighted by molar-refractivity contribution is 0.0146. The predicted molar refractivity (Wildman–Crippen MR) is 106 cm³/mol. The highest BCUT2D eigenvalue weighted by molar-refractivity contribution is 5.97. The molecule has 3 aliphatic carbocycles. The Morgan fingerprint density at radius 1 is 1.04 bits per heavy atom. The van der Waals surface area contributed by atoms with Crippen molar-refractivity contribution in [3.63, 3.8) is 0 Å². The fourth-order valence-electron chi connectivity index (χ4n) is 4.23. The maximum atomic E-state index is 11.8. The van der Waals surface area contributed by atoms with Crippen LogP contribution in [-0.4, -0.2) is 51.4 Å². The lowest BCUT2D eigenvalue weighted by Gasteiger charge is -2.30. The van der Waals surface area contributed by atoms with Crippen LogP contribution in [0.3, 0.4) is 0 Å². The molecule has 5 N–H and O–H groups in total. The summed E-state index contributed by atoms with van der Waals surface area (Å²) in [5, 5.41) is 16.6. The maximum Gasteiger partial charge on any atom is 0.254 e. The number of nitrogens with one attached hydrogen (secondary N) is 2. The van der Waals surface area contributed by atoms with E-state index in [-0.39, 0.29) is 17.7 Å². The third-order valence-corrected chi connectivity index (χ3v) is 5.96. The Balaban J connectivity index is 1.37. The zero-order valence-electron chi connectivity index (χ0n) is 16.3. The van der Waals surface area contributed by atoms with Crippen LogP contribution < -0.4 is 16.4 Å². The minimum Gasteiger partial charge on any atom is -0.393 e. The van der Waals surface area contributed by atoms with Gasteiger partial charge in [-0.05, 0) is 64.2 Å². The van der Waals surface area contributed by atoms with Crippen LogP contribution in [0.1, 0.15) is 74.6 Å². The van der Waals surface area contributed by atoms with Crippen LogP contribution in [0.5, 0.6) is 0 Å². The van der Waals surface area contributed by atoms with Gasteiger partial charge in [0.1, 0.15) is 5.82 Å². The highest BCUT2D eigenvalue weighted by Crippen LogP contribution is 2.31. The molecule has 2 atom stereocenters. The van der Waals surface area contributed by atoms with Crippen LogP contribution in [0.2, 0.25) is 0 Å². The smallest absolute Gasteiger partial charge is 0.254 e. The summed E-state index contributed by atoms with van der Waals surface area (Å²) in [4.78, 5) is 20.6. The number of rotatable bonds is 7. The molecule has 4 rings (SSSR count). The van der Waals surface area contributed by atoms with Crippen molar-refractivity contribution < 1.29 is 14.6 Å². The van der Waals surface area contributed by atoms with Crippen LogP contribution in [0.15, 0.2) is 6.20 Å². The molecule has 1 amide bonds. The van der Waals surface area contributed by atoms with Gasteiger partial charge in [-0.2, -0.15) is 4.98 Å². The number of primary amides is 1. The predicted octanol–water partition coefficient (Wildman–Crippen LogP) is 2.19. The van der Waals surface area contributed by atoms with Gasteiger partial charge >= 0.3 is 0 Å². The van der Waals surface area contributed by atoms with E-state index >= 15 is 0 Å². The van der Waals surface area contributed by atoms with Crippen LogP contribution in [0.25, 0.3) is 0 Å². The van der Waals surface area contributed by atoms with Crippen molar-refractivity contribution >= 4 is 17.7 Å². The summed E-state index contributed by atoms with van der Waals surface area (Å²) in [5.41, 5.74) is 5.78. The molecule has 0 unspecified atom stereocenters. The Kier molecular flexibility index (Phi) is 5.96. The molecule has 0 aromatic carbocycles. The normalized spacial score (nSPS) is 30.6. The number of nitrogens with zero attached hydrogens (tertiary/aromatic N) is 2. The van der Waals surface area contributed by atoms with Gasteiger partial charge in [0.2, 0.25) is 5.95 Å². The van der Waals surface area contributed by atoms with Gasteiger partial charge in [0.05, 0.1) is 23.9 Å². The number of nitrogens with two attached hydrogens (primary N) is 1. The molecule has 1 heterocycles. The molecule has 1 aromatic heterocycles. The van der Waals surface area contributed by atoms with Crippen molar-refractivity contribution in [2.75, 3.05) is 10.6 Å².